The standard InChI is InChI=1S/C10H15N5/c1-7(3-4-11)9-5-12-10-13-8(2)14-15(10)6-9/h5-7H,3-4,11H2,1-2H3. The van der Waals surface area contributed by atoms with Crippen LogP contribution < -0.4 is 5.73 Å². The molecule has 2 rings (SSSR count). The Balaban J connectivity index is 2.37. The molecule has 0 aliphatic heterocycles. The van der Waals surface area contributed by atoms with Crippen LogP contribution in [-0.4, -0.2) is 26.1 Å². The van der Waals surface area contributed by atoms with Gasteiger partial charge < -0.3 is 5.73 Å². The number of nitrogens with two attached hydrogens (primary N) is 1. The molecule has 5 heteroatoms. The topological polar surface area (TPSA) is 69.1 Å². The van der Waals surface area contributed by atoms with Crippen LogP contribution in [0.15, 0.2) is 12.4 Å². The van der Waals surface area contributed by atoms with Crippen LogP contribution in [0.5, 0.6) is 0 Å². The second-order valence-corrected chi connectivity index (χ2v) is 3.77. The minimum absolute atomic E-state index is 0.413. The summed E-state index contributed by atoms with van der Waals surface area (Å²) in [5.74, 6) is 1.80. The third-order valence-electron chi connectivity index (χ3n) is 2.49. The van der Waals surface area contributed by atoms with Crippen molar-refractivity contribution >= 4 is 5.78 Å². The molecule has 2 heterocycles. The fourth-order valence-corrected chi connectivity index (χ4v) is 1.57. The highest BCUT2D eigenvalue weighted by molar-refractivity contribution is 5.28. The van der Waals surface area contributed by atoms with Crippen LogP contribution in [0.3, 0.4) is 0 Å². The van der Waals surface area contributed by atoms with E-state index in [4.69, 9.17) is 5.73 Å². The Morgan fingerprint density at radius 3 is 3.07 bits per heavy atom. The first kappa shape index (κ1) is 10.0. The average molecular weight is 205 g/mol. The Labute approximate surface area is 88.3 Å². The highest BCUT2D eigenvalue weighted by Gasteiger charge is 2.07. The molecule has 0 aromatic carbocycles. The van der Waals surface area contributed by atoms with E-state index in [9.17, 15) is 0 Å². The van der Waals surface area contributed by atoms with E-state index in [0.29, 0.717) is 18.2 Å². The summed E-state index contributed by atoms with van der Waals surface area (Å²) in [5, 5.41) is 4.23. The smallest absolute Gasteiger partial charge is 0.252 e. The molecule has 0 saturated heterocycles. The van der Waals surface area contributed by atoms with Gasteiger partial charge >= 0.3 is 0 Å². The predicted molar refractivity (Wildman–Crippen MR) is 57.6 cm³/mol. The Morgan fingerprint density at radius 2 is 2.33 bits per heavy atom. The highest BCUT2D eigenvalue weighted by atomic mass is 15.3. The number of fused-ring (bicyclic) bond motifs is 1. The lowest BCUT2D eigenvalue weighted by Crippen LogP contribution is -2.06. The summed E-state index contributed by atoms with van der Waals surface area (Å²) in [6, 6.07) is 0. The maximum atomic E-state index is 5.53. The van der Waals surface area contributed by atoms with Crippen molar-refractivity contribution in [3.63, 3.8) is 0 Å². The summed E-state index contributed by atoms with van der Waals surface area (Å²) in [5.41, 5.74) is 6.68. The molecule has 0 amide bonds. The fourth-order valence-electron chi connectivity index (χ4n) is 1.57. The quantitative estimate of drug-likeness (QED) is 0.807. The SMILES string of the molecule is Cc1nc2ncc(C(C)CCN)cn2n1. The molecule has 0 bridgehead atoms. The van der Waals surface area contributed by atoms with Crippen molar-refractivity contribution in [3.05, 3.63) is 23.8 Å². The van der Waals surface area contributed by atoms with Crippen molar-refractivity contribution in [3.8, 4) is 0 Å². The van der Waals surface area contributed by atoms with Crippen LogP contribution in [0.1, 0.15) is 30.7 Å². The van der Waals surface area contributed by atoms with Crippen LogP contribution >= 0.6 is 0 Å². The number of hydrogen-bond donors (Lipinski definition) is 1. The van der Waals surface area contributed by atoms with Crippen molar-refractivity contribution in [1.29, 1.82) is 0 Å². The van der Waals surface area contributed by atoms with Crippen LogP contribution in [0.4, 0.5) is 0 Å². The van der Waals surface area contributed by atoms with Gasteiger partial charge in [-0.2, -0.15) is 10.1 Å². The van der Waals surface area contributed by atoms with Gasteiger partial charge in [-0.05, 0) is 31.4 Å². The van der Waals surface area contributed by atoms with Crippen molar-refractivity contribution in [2.75, 3.05) is 6.54 Å². The van der Waals surface area contributed by atoms with E-state index in [1.54, 1.807) is 4.52 Å². The molecule has 15 heavy (non-hydrogen) atoms. The van der Waals surface area contributed by atoms with E-state index >= 15 is 0 Å². The van der Waals surface area contributed by atoms with Gasteiger partial charge in [0.25, 0.3) is 5.78 Å². The molecule has 0 spiro atoms. The number of hydrogen-bond acceptors (Lipinski definition) is 4. The van der Waals surface area contributed by atoms with Gasteiger partial charge in [0.15, 0.2) is 0 Å². The fraction of sp³-hybridized carbons (Fsp3) is 0.500. The van der Waals surface area contributed by atoms with Crippen LogP contribution in [0, 0.1) is 6.92 Å². The van der Waals surface area contributed by atoms with Gasteiger partial charge in [0, 0.05) is 12.4 Å². The Bertz CT molecular complexity index is 462. The number of aromatic nitrogens is 4. The lowest BCUT2D eigenvalue weighted by Gasteiger charge is -2.08. The van der Waals surface area contributed by atoms with Gasteiger partial charge in [0.05, 0.1) is 0 Å². The van der Waals surface area contributed by atoms with Gasteiger partial charge in [0.1, 0.15) is 5.82 Å². The van der Waals surface area contributed by atoms with Crippen molar-refractivity contribution in [2.45, 2.75) is 26.2 Å². The summed E-state index contributed by atoms with van der Waals surface area (Å²) < 4.78 is 1.72. The van der Waals surface area contributed by atoms with E-state index in [1.807, 2.05) is 19.3 Å². The molecular formula is C10H15N5. The zero-order valence-electron chi connectivity index (χ0n) is 9.01. The van der Waals surface area contributed by atoms with E-state index < -0.39 is 0 Å². The molecule has 80 valence electrons. The van der Waals surface area contributed by atoms with Crippen molar-refractivity contribution < 1.29 is 0 Å². The Morgan fingerprint density at radius 1 is 1.53 bits per heavy atom. The summed E-state index contributed by atoms with van der Waals surface area (Å²) in [7, 11) is 0. The molecule has 2 N–H and O–H groups in total. The highest BCUT2D eigenvalue weighted by Crippen LogP contribution is 2.16. The minimum atomic E-state index is 0.413. The molecule has 1 unspecified atom stereocenters. The maximum Gasteiger partial charge on any atom is 0.252 e. The summed E-state index contributed by atoms with van der Waals surface area (Å²) in [4.78, 5) is 8.43. The van der Waals surface area contributed by atoms with E-state index in [2.05, 4.69) is 22.0 Å². The summed E-state index contributed by atoms with van der Waals surface area (Å²) >= 11 is 0. The Kier molecular flexibility index (Phi) is 2.64. The molecule has 2 aromatic heterocycles. The second kappa shape index (κ2) is 3.94. The van der Waals surface area contributed by atoms with Crippen molar-refractivity contribution in [2.24, 2.45) is 5.73 Å². The van der Waals surface area contributed by atoms with Gasteiger partial charge in [-0.3, -0.25) is 0 Å². The molecule has 1 atom stereocenters. The molecular weight excluding hydrogens is 190 g/mol. The molecule has 0 aliphatic carbocycles. The molecule has 2 aromatic rings. The van der Waals surface area contributed by atoms with E-state index in [1.165, 1.54) is 0 Å². The minimum Gasteiger partial charge on any atom is -0.330 e. The molecule has 0 radical (unpaired) electrons. The average Bonchev–Trinajstić information content (AvgIpc) is 2.57. The normalized spacial score (nSPS) is 13.3. The van der Waals surface area contributed by atoms with Gasteiger partial charge in [-0.15, -0.1) is 0 Å². The first-order valence-electron chi connectivity index (χ1n) is 5.09. The first-order chi connectivity index (χ1) is 7.20. The third kappa shape index (κ3) is 1.97. The van der Waals surface area contributed by atoms with Gasteiger partial charge in [0.2, 0.25) is 0 Å². The monoisotopic (exact) mass is 205 g/mol. The molecule has 0 fully saturated rings. The van der Waals surface area contributed by atoms with E-state index in [-0.39, 0.29) is 0 Å². The maximum absolute atomic E-state index is 5.53. The zero-order chi connectivity index (χ0) is 10.8. The lowest BCUT2D eigenvalue weighted by molar-refractivity contribution is 0.679. The predicted octanol–water partition coefficient (Wildman–Crippen LogP) is 0.885. The van der Waals surface area contributed by atoms with Crippen LogP contribution in [0.25, 0.3) is 5.78 Å². The lowest BCUT2D eigenvalue weighted by atomic mass is 10.0. The zero-order valence-corrected chi connectivity index (χ0v) is 9.01. The molecule has 0 aliphatic rings. The Hall–Kier alpha value is -1.49. The number of nitrogens with zero attached hydrogens (tertiary/aromatic N) is 4. The van der Waals surface area contributed by atoms with Crippen LogP contribution in [-0.2, 0) is 0 Å². The van der Waals surface area contributed by atoms with Crippen molar-refractivity contribution in [1.82, 2.24) is 19.6 Å². The summed E-state index contributed by atoms with van der Waals surface area (Å²) in [6.45, 7) is 4.69. The molecule has 0 saturated carbocycles. The number of aryl methyl sites for hydroxylation is 1. The number of rotatable bonds is 3. The second-order valence-electron chi connectivity index (χ2n) is 3.77. The van der Waals surface area contributed by atoms with Gasteiger partial charge in [-0.25, -0.2) is 9.50 Å². The van der Waals surface area contributed by atoms with Crippen LogP contribution in [0.2, 0.25) is 0 Å². The first-order valence-corrected chi connectivity index (χ1v) is 5.09. The largest absolute Gasteiger partial charge is 0.330 e. The van der Waals surface area contributed by atoms with Gasteiger partial charge in [-0.1, -0.05) is 6.92 Å². The molecule has 5 nitrogen and oxygen atoms in total. The summed E-state index contributed by atoms with van der Waals surface area (Å²) in [6.07, 6.45) is 4.79. The van der Waals surface area contributed by atoms with E-state index in [0.717, 1.165) is 17.8 Å². The third-order valence-corrected chi connectivity index (χ3v) is 2.49.